The van der Waals surface area contributed by atoms with Gasteiger partial charge in [0, 0.05) is 17.3 Å². The van der Waals surface area contributed by atoms with E-state index in [1.165, 1.54) is 12.1 Å². The van der Waals surface area contributed by atoms with E-state index in [9.17, 15) is 19.2 Å². The van der Waals surface area contributed by atoms with Crippen LogP contribution in [0.25, 0.3) is 6.08 Å². The third-order valence-corrected chi connectivity index (χ3v) is 5.96. The summed E-state index contributed by atoms with van der Waals surface area (Å²) in [6, 6.07) is 17.8. The van der Waals surface area contributed by atoms with Gasteiger partial charge in [-0.05, 0) is 56.7 Å². The van der Waals surface area contributed by atoms with E-state index in [1.807, 2.05) is 26.0 Å². The monoisotopic (exact) mass is 557 g/mol. The first-order chi connectivity index (χ1) is 19.8. The molecule has 1 aliphatic rings. The van der Waals surface area contributed by atoms with E-state index in [0.29, 0.717) is 36.0 Å². The summed E-state index contributed by atoms with van der Waals surface area (Å²) in [7, 11) is 0. The Morgan fingerprint density at radius 1 is 0.902 bits per heavy atom. The van der Waals surface area contributed by atoms with Crippen LogP contribution in [0.15, 0.2) is 72.3 Å². The van der Waals surface area contributed by atoms with Crippen molar-refractivity contribution in [3.05, 3.63) is 83.4 Å². The van der Waals surface area contributed by atoms with Crippen molar-refractivity contribution < 1.29 is 33.4 Å². The molecule has 0 radical (unpaired) electrons. The van der Waals surface area contributed by atoms with Gasteiger partial charge in [-0.15, -0.1) is 0 Å². The quantitative estimate of drug-likeness (QED) is 0.255. The lowest BCUT2D eigenvalue weighted by atomic mass is 10.1. The predicted molar refractivity (Wildman–Crippen MR) is 154 cm³/mol. The van der Waals surface area contributed by atoms with Gasteiger partial charge in [0.25, 0.3) is 17.7 Å². The van der Waals surface area contributed by atoms with Gasteiger partial charge in [0.05, 0.1) is 18.9 Å². The fraction of sp³-hybridized carbons (Fsp3) is 0.226. The number of ether oxygens (including phenoxy) is 3. The van der Waals surface area contributed by atoms with Gasteiger partial charge in [-0.25, -0.2) is 9.69 Å². The normalized spacial score (nSPS) is 14.1. The average molecular weight is 558 g/mol. The number of amides is 5. The average Bonchev–Trinajstić information content (AvgIpc) is 2.95. The van der Waals surface area contributed by atoms with Crippen molar-refractivity contribution in [3.8, 4) is 17.2 Å². The van der Waals surface area contributed by atoms with Crippen LogP contribution in [-0.4, -0.2) is 43.6 Å². The van der Waals surface area contributed by atoms with Crippen LogP contribution < -0.4 is 29.7 Å². The van der Waals surface area contributed by atoms with Crippen molar-refractivity contribution in [2.24, 2.45) is 0 Å². The summed E-state index contributed by atoms with van der Waals surface area (Å²) in [5, 5.41) is 4.96. The minimum absolute atomic E-state index is 0.204. The number of barbiturate groups is 1. The molecule has 3 aromatic rings. The van der Waals surface area contributed by atoms with Gasteiger partial charge in [0.1, 0.15) is 11.3 Å². The van der Waals surface area contributed by atoms with Crippen molar-refractivity contribution in [2.75, 3.05) is 30.0 Å². The van der Waals surface area contributed by atoms with E-state index >= 15 is 0 Å². The highest BCUT2D eigenvalue weighted by atomic mass is 16.5. The number of nitrogens with zero attached hydrogens (tertiary/aromatic N) is 1. The predicted octanol–water partition coefficient (Wildman–Crippen LogP) is 4.87. The van der Waals surface area contributed by atoms with Crippen LogP contribution in [0, 0.1) is 6.92 Å². The summed E-state index contributed by atoms with van der Waals surface area (Å²) in [4.78, 5) is 52.3. The lowest BCUT2D eigenvalue weighted by molar-refractivity contribution is -0.122. The molecular weight excluding hydrogens is 526 g/mol. The molecule has 0 spiro atoms. The Hall–Kier alpha value is -5.12. The van der Waals surface area contributed by atoms with Gasteiger partial charge in [0.15, 0.2) is 18.1 Å². The lowest BCUT2D eigenvalue weighted by Gasteiger charge is -2.27. The number of rotatable bonds is 11. The van der Waals surface area contributed by atoms with E-state index in [2.05, 4.69) is 10.6 Å². The Morgan fingerprint density at radius 2 is 1.66 bits per heavy atom. The molecule has 0 aromatic heterocycles. The maximum absolute atomic E-state index is 13.5. The second-order valence-corrected chi connectivity index (χ2v) is 9.11. The fourth-order valence-electron chi connectivity index (χ4n) is 3.99. The van der Waals surface area contributed by atoms with Crippen LogP contribution in [0.5, 0.6) is 17.2 Å². The molecule has 3 aromatic carbocycles. The number of para-hydroxylation sites is 1. The van der Waals surface area contributed by atoms with Crippen LogP contribution in [-0.2, 0) is 14.4 Å². The number of urea groups is 1. The van der Waals surface area contributed by atoms with E-state index in [4.69, 9.17) is 14.2 Å². The van der Waals surface area contributed by atoms with Crippen LogP contribution >= 0.6 is 0 Å². The second kappa shape index (κ2) is 13.3. The Balaban J connectivity index is 1.56. The Labute approximate surface area is 237 Å². The van der Waals surface area contributed by atoms with E-state index < -0.39 is 17.8 Å². The van der Waals surface area contributed by atoms with Gasteiger partial charge in [-0.2, -0.15) is 0 Å². The molecule has 0 bridgehead atoms. The topological polar surface area (TPSA) is 123 Å². The molecule has 1 saturated heterocycles. The summed E-state index contributed by atoms with van der Waals surface area (Å²) in [6.45, 7) is 6.24. The summed E-state index contributed by atoms with van der Waals surface area (Å²) in [5.74, 6) is -0.933. The van der Waals surface area contributed by atoms with Crippen LogP contribution in [0.1, 0.15) is 31.4 Å². The first kappa shape index (κ1) is 28.9. The highest BCUT2D eigenvalue weighted by Gasteiger charge is 2.37. The first-order valence-corrected chi connectivity index (χ1v) is 13.2. The molecule has 212 valence electrons. The number of nitrogens with one attached hydrogen (secondary N) is 2. The van der Waals surface area contributed by atoms with Crippen LogP contribution in [0.3, 0.4) is 0 Å². The van der Waals surface area contributed by atoms with Crippen LogP contribution in [0.4, 0.5) is 16.2 Å². The zero-order valence-corrected chi connectivity index (χ0v) is 23.1. The van der Waals surface area contributed by atoms with Gasteiger partial charge in [0.2, 0.25) is 0 Å². The van der Waals surface area contributed by atoms with Crippen molar-refractivity contribution >= 4 is 41.2 Å². The molecule has 2 N–H and O–H groups in total. The molecule has 4 rings (SSSR count). The van der Waals surface area contributed by atoms with Crippen LogP contribution in [0.2, 0.25) is 0 Å². The highest BCUT2D eigenvalue weighted by Crippen LogP contribution is 2.34. The third kappa shape index (κ3) is 7.10. The lowest BCUT2D eigenvalue weighted by Crippen LogP contribution is -2.54. The van der Waals surface area contributed by atoms with Gasteiger partial charge < -0.3 is 19.5 Å². The maximum Gasteiger partial charge on any atom is 0.335 e. The standard InChI is InChI=1S/C31H31N3O7/c1-4-16-40-26-15-14-23(18-27(26)39-5-2)34-30(37)24(29(36)33-31(34)38)17-21-8-6-7-9-25(21)41-19-28(35)32-22-12-10-20(3)11-13-22/h6-15,17-18H,4-5,16,19H2,1-3H3,(H,32,35)(H,33,36,38)/b24-17+. The Morgan fingerprint density at radius 3 is 2.39 bits per heavy atom. The molecule has 1 heterocycles. The number of carbonyl (C=O) groups is 4. The Bertz CT molecular complexity index is 1480. The summed E-state index contributed by atoms with van der Waals surface area (Å²) < 4.78 is 17.1. The van der Waals surface area contributed by atoms with Crippen molar-refractivity contribution in [1.29, 1.82) is 0 Å². The number of carbonyl (C=O) groups excluding carboxylic acids is 4. The highest BCUT2D eigenvalue weighted by molar-refractivity contribution is 6.39. The summed E-state index contributed by atoms with van der Waals surface area (Å²) in [5.41, 5.74) is 1.99. The number of imide groups is 2. The Kier molecular flexibility index (Phi) is 9.36. The number of aryl methyl sites for hydroxylation is 1. The molecule has 10 nitrogen and oxygen atoms in total. The third-order valence-electron chi connectivity index (χ3n) is 5.96. The SMILES string of the molecule is CCCOc1ccc(N2C(=O)NC(=O)/C(=C\c3ccccc3OCC(=O)Nc3ccc(C)cc3)C2=O)cc1OCC. The molecule has 0 unspecified atom stereocenters. The molecule has 1 aliphatic heterocycles. The van der Waals surface area contributed by atoms with E-state index in [-0.39, 0.29) is 29.5 Å². The van der Waals surface area contributed by atoms with Gasteiger partial charge >= 0.3 is 6.03 Å². The molecule has 1 fully saturated rings. The van der Waals surface area contributed by atoms with Gasteiger partial charge in [-0.3, -0.25) is 19.7 Å². The molecular formula is C31H31N3O7. The largest absolute Gasteiger partial charge is 0.490 e. The summed E-state index contributed by atoms with van der Waals surface area (Å²) in [6.07, 6.45) is 2.12. The molecule has 41 heavy (non-hydrogen) atoms. The number of hydrogen-bond donors (Lipinski definition) is 2. The molecule has 0 aliphatic carbocycles. The maximum atomic E-state index is 13.5. The number of hydrogen-bond acceptors (Lipinski definition) is 7. The van der Waals surface area contributed by atoms with Crippen molar-refractivity contribution in [3.63, 3.8) is 0 Å². The number of anilines is 2. The molecule has 10 heteroatoms. The van der Waals surface area contributed by atoms with E-state index in [0.717, 1.165) is 16.9 Å². The van der Waals surface area contributed by atoms with Crippen molar-refractivity contribution in [1.82, 2.24) is 5.32 Å². The van der Waals surface area contributed by atoms with E-state index in [1.54, 1.807) is 55.5 Å². The summed E-state index contributed by atoms with van der Waals surface area (Å²) >= 11 is 0. The molecule has 0 saturated carbocycles. The second-order valence-electron chi connectivity index (χ2n) is 9.11. The fourth-order valence-corrected chi connectivity index (χ4v) is 3.99. The first-order valence-electron chi connectivity index (χ1n) is 13.2. The number of benzene rings is 3. The minimum atomic E-state index is -0.890. The van der Waals surface area contributed by atoms with Crippen molar-refractivity contribution in [2.45, 2.75) is 27.2 Å². The molecule has 5 amide bonds. The zero-order chi connectivity index (χ0) is 29.4. The smallest absolute Gasteiger partial charge is 0.335 e. The molecule has 0 atom stereocenters. The zero-order valence-electron chi connectivity index (χ0n) is 23.1. The van der Waals surface area contributed by atoms with Gasteiger partial charge in [-0.1, -0.05) is 42.8 Å². The minimum Gasteiger partial charge on any atom is -0.490 e.